The quantitative estimate of drug-likeness (QED) is 0.521. The van der Waals surface area contributed by atoms with Gasteiger partial charge in [-0.05, 0) is 32.0 Å². The second-order valence-corrected chi connectivity index (χ2v) is 4.02. The van der Waals surface area contributed by atoms with Crippen molar-refractivity contribution in [3.63, 3.8) is 0 Å². The van der Waals surface area contributed by atoms with E-state index in [1.165, 1.54) is 0 Å². The molecule has 1 fully saturated rings. The number of likely N-dealkylation sites (tertiary alicyclic amines) is 1. The van der Waals surface area contributed by atoms with E-state index in [-0.39, 0.29) is 0 Å². The van der Waals surface area contributed by atoms with Crippen molar-refractivity contribution in [1.29, 1.82) is 0 Å². The molecule has 16 heavy (non-hydrogen) atoms. The summed E-state index contributed by atoms with van der Waals surface area (Å²) in [6.45, 7) is 9.55. The van der Waals surface area contributed by atoms with Crippen LogP contribution in [-0.2, 0) is 4.74 Å². The topological polar surface area (TPSA) is 12.5 Å². The van der Waals surface area contributed by atoms with Crippen molar-refractivity contribution < 1.29 is 4.74 Å². The van der Waals surface area contributed by atoms with Gasteiger partial charge in [-0.3, -0.25) is 0 Å². The Morgan fingerprint density at radius 3 is 2.50 bits per heavy atom. The van der Waals surface area contributed by atoms with Crippen LogP contribution in [0.2, 0.25) is 0 Å². The van der Waals surface area contributed by atoms with Gasteiger partial charge in [0.05, 0.1) is 0 Å². The fraction of sp³-hybridized carbons (Fsp3) is 0.429. The van der Waals surface area contributed by atoms with Crippen LogP contribution in [0.15, 0.2) is 49.3 Å². The van der Waals surface area contributed by atoms with Gasteiger partial charge in [-0.1, -0.05) is 31.4 Å². The van der Waals surface area contributed by atoms with Crippen LogP contribution in [0, 0.1) is 0 Å². The molecule has 0 aromatic carbocycles. The predicted molar refractivity (Wildman–Crippen MR) is 69.2 cm³/mol. The average molecular weight is 219 g/mol. The van der Waals surface area contributed by atoms with Gasteiger partial charge >= 0.3 is 0 Å². The average Bonchev–Trinajstić information content (AvgIpc) is 2.29. The third-order valence-corrected chi connectivity index (χ3v) is 2.65. The molecule has 0 N–H and O–H groups in total. The summed E-state index contributed by atoms with van der Waals surface area (Å²) in [5, 5.41) is 0. The highest BCUT2D eigenvalue weighted by Gasteiger charge is 2.17. The standard InChI is InChI=1S/C14H21NO/c1-4-6-8-13(7-5-2)16-14-9-11-15(3)12-10-14/h4-8,14H,1-2,9-12H2,3H3/b8-6-,13-7+. The van der Waals surface area contributed by atoms with Crippen molar-refractivity contribution in [3.8, 4) is 0 Å². The molecule has 0 unspecified atom stereocenters. The minimum absolute atomic E-state index is 0.330. The summed E-state index contributed by atoms with van der Waals surface area (Å²) in [6, 6.07) is 0. The summed E-state index contributed by atoms with van der Waals surface area (Å²) < 4.78 is 5.91. The first-order valence-electron chi connectivity index (χ1n) is 5.73. The molecule has 0 amide bonds. The fourth-order valence-corrected chi connectivity index (χ4v) is 1.71. The molecule has 0 aromatic heterocycles. The zero-order chi connectivity index (χ0) is 11.8. The van der Waals surface area contributed by atoms with Crippen molar-refractivity contribution in [2.75, 3.05) is 20.1 Å². The minimum Gasteiger partial charge on any atom is -0.490 e. The smallest absolute Gasteiger partial charge is 0.119 e. The summed E-state index contributed by atoms with van der Waals surface area (Å²) in [6.07, 6.45) is 11.7. The molecule has 2 nitrogen and oxygen atoms in total. The molecule has 1 rings (SSSR count). The van der Waals surface area contributed by atoms with Crippen LogP contribution < -0.4 is 0 Å². The number of rotatable bonds is 5. The first-order chi connectivity index (χ1) is 7.76. The lowest BCUT2D eigenvalue weighted by atomic mass is 10.1. The maximum Gasteiger partial charge on any atom is 0.119 e. The minimum atomic E-state index is 0.330. The second kappa shape index (κ2) is 7.07. The Bertz CT molecular complexity index is 283. The lowest BCUT2D eigenvalue weighted by molar-refractivity contribution is 0.0642. The Balaban J connectivity index is 2.48. The van der Waals surface area contributed by atoms with Crippen LogP contribution in [0.3, 0.4) is 0 Å². The van der Waals surface area contributed by atoms with Crippen LogP contribution in [0.5, 0.6) is 0 Å². The second-order valence-electron chi connectivity index (χ2n) is 4.02. The lowest BCUT2D eigenvalue weighted by Gasteiger charge is -2.29. The molecular formula is C14H21NO. The number of allylic oxidation sites excluding steroid dienone is 5. The fourth-order valence-electron chi connectivity index (χ4n) is 1.71. The molecule has 0 aromatic rings. The summed E-state index contributed by atoms with van der Waals surface area (Å²) in [4.78, 5) is 2.33. The highest BCUT2D eigenvalue weighted by Crippen LogP contribution is 2.16. The van der Waals surface area contributed by atoms with Crippen molar-refractivity contribution in [2.45, 2.75) is 18.9 Å². The highest BCUT2D eigenvalue weighted by molar-refractivity contribution is 5.20. The van der Waals surface area contributed by atoms with E-state index < -0.39 is 0 Å². The number of ether oxygens (including phenoxy) is 1. The summed E-state index contributed by atoms with van der Waals surface area (Å²) in [7, 11) is 2.15. The molecule has 1 aliphatic heterocycles. The molecule has 0 bridgehead atoms. The Morgan fingerprint density at radius 2 is 1.94 bits per heavy atom. The Morgan fingerprint density at radius 1 is 1.25 bits per heavy atom. The molecule has 1 saturated heterocycles. The first kappa shape index (κ1) is 12.8. The number of piperidine rings is 1. The largest absolute Gasteiger partial charge is 0.490 e. The number of hydrogen-bond acceptors (Lipinski definition) is 2. The molecule has 0 saturated carbocycles. The van der Waals surface area contributed by atoms with Gasteiger partial charge in [0, 0.05) is 13.1 Å². The van der Waals surface area contributed by atoms with Crippen molar-refractivity contribution >= 4 is 0 Å². The van der Waals surface area contributed by atoms with Crippen LogP contribution in [0.1, 0.15) is 12.8 Å². The summed E-state index contributed by atoms with van der Waals surface area (Å²) >= 11 is 0. The van der Waals surface area contributed by atoms with E-state index in [9.17, 15) is 0 Å². The van der Waals surface area contributed by atoms with Crippen molar-refractivity contribution in [1.82, 2.24) is 4.90 Å². The van der Waals surface area contributed by atoms with Gasteiger partial charge in [-0.15, -0.1) is 0 Å². The van der Waals surface area contributed by atoms with E-state index in [4.69, 9.17) is 4.74 Å². The van der Waals surface area contributed by atoms with E-state index in [2.05, 4.69) is 25.1 Å². The van der Waals surface area contributed by atoms with E-state index in [0.717, 1.165) is 31.7 Å². The molecule has 2 heteroatoms. The lowest BCUT2D eigenvalue weighted by Crippen LogP contribution is -2.34. The Hall–Kier alpha value is -1.28. The number of nitrogens with zero attached hydrogens (tertiary/aromatic N) is 1. The molecule has 0 aliphatic carbocycles. The zero-order valence-electron chi connectivity index (χ0n) is 10.1. The zero-order valence-corrected chi connectivity index (χ0v) is 10.1. The summed E-state index contributed by atoms with van der Waals surface area (Å²) in [5.74, 6) is 0.865. The Labute approximate surface area is 98.6 Å². The van der Waals surface area contributed by atoms with Gasteiger partial charge < -0.3 is 9.64 Å². The van der Waals surface area contributed by atoms with Crippen molar-refractivity contribution in [2.24, 2.45) is 0 Å². The molecule has 88 valence electrons. The molecule has 1 aliphatic rings. The molecule has 0 atom stereocenters. The SMILES string of the molecule is C=C/C=C\C(=C/C=C)OC1CCN(C)CC1. The maximum absolute atomic E-state index is 5.91. The first-order valence-corrected chi connectivity index (χ1v) is 5.73. The van der Waals surface area contributed by atoms with E-state index in [1.54, 1.807) is 12.2 Å². The third-order valence-electron chi connectivity index (χ3n) is 2.65. The van der Waals surface area contributed by atoms with Crippen LogP contribution in [0.25, 0.3) is 0 Å². The summed E-state index contributed by atoms with van der Waals surface area (Å²) in [5.41, 5.74) is 0. The molecular weight excluding hydrogens is 198 g/mol. The highest BCUT2D eigenvalue weighted by atomic mass is 16.5. The predicted octanol–water partition coefficient (Wildman–Crippen LogP) is 2.91. The van der Waals surface area contributed by atoms with Gasteiger partial charge in [0.25, 0.3) is 0 Å². The van der Waals surface area contributed by atoms with Crippen molar-refractivity contribution in [3.05, 3.63) is 49.3 Å². The van der Waals surface area contributed by atoms with Gasteiger partial charge in [0.2, 0.25) is 0 Å². The van der Waals surface area contributed by atoms with Gasteiger partial charge in [0.15, 0.2) is 0 Å². The van der Waals surface area contributed by atoms with Gasteiger partial charge in [0.1, 0.15) is 11.9 Å². The number of hydrogen-bond donors (Lipinski definition) is 0. The van der Waals surface area contributed by atoms with Crippen LogP contribution >= 0.6 is 0 Å². The molecule has 1 heterocycles. The van der Waals surface area contributed by atoms with Gasteiger partial charge in [-0.25, -0.2) is 0 Å². The molecule has 0 radical (unpaired) electrons. The molecule has 0 spiro atoms. The van der Waals surface area contributed by atoms with Gasteiger partial charge in [-0.2, -0.15) is 0 Å². The Kier molecular flexibility index (Phi) is 5.65. The van der Waals surface area contributed by atoms with E-state index >= 15 is 0 Å². The third kappa shape index (κ3) is 4.49. The maximum atomic E-state index is 5.91. The van der Waals surface area contributed by atoms with Crippen LogP contribution in [-0.4, -0.2) is 31.1 Å². The normalized spacial score (nSPS) is 19.9. The monoisotopic (exact) mass is 219 g/mol. The van der Waals surface area contributed by atoms with E-state index in [1.807, 2.05) is 18.2 Å². The van der Waals surface area contributed by atoms with E-state index in [0.29, 0.717) is 6.10 Å². The van der Waals surface area contributed by atoms with Crippen LogP contribution in [0.4, 0.5) is 0 Å².